The third-order valence-corrected chi connectivity index (χ3v) is 5.99. The second kappa shape index (κ2) is 6.56. The second-order valence-electron chi connectivity index (χ2n) is 6.52. The van der Waals surface area contributed by atoms with Gasteiger partial charge in [-0.15, -0.1) is 0 Å². The van der Waals surface area contributed by atoms with Crippen LogP contribution in [0.1, 0.15) is 31.4 Å². The summed E-state index contributed by atoms with van der Waals surface area (Å²) in [4.78, 5) is 13.3. The van der Waals surface area contributed by atoms with Crippen molar-refractivity contribution in [3.05, 3.63) is 64.7 Å². The van der Waals surface area contributed by atoms with E-state index >= 15 is 0 Å². The van der Waals surface area contributed by atoms with Crippen molar-refractivity contribution >= 4 is 38.6 Å². The molecule has 0 N–H and O–H groups in total. The summed E-state index contributed by atoms with van der Waals surface area (Å²) in [5.41, 5.74) is 0.921. The van der Waals surface area contributed by atoms with Gasteiger partial charge in [-0.05, 0) is 55.3 Å². The van der Waals surface area contributed by atoms with Crippen LogP contribution in [-0.2, 0) is 19.4 Å². The second-order valence-corrected chi connectivity index (χ2v) is 8.98. The molecule has 0 radical (unpaired) electrons. The molecule has 0 amide bonds. The first kappa shape index (κ1) is 18.7. The first-order valence-electron chi connectivity index (χ1n) is 8.20. The third kappa shape index (κ3) is 3.29. The summed E-state index contributed by atoms with van der Waals surface area (Å²) in [5.74, 6) is 0.367. The zero-order valence-electron chi connectivity index (χ0n) is 14.7. The van der Waals surface area contributed by atoms with E-state index in [1.807, 2.05) is 6.92 Å². The number of rotatable bonds is 4. The van der Waals surface area contributed by atoms with Gasteiger partial charge in [0.2, 0.25) is 5.78 Å². The van der Waals surface area contributed by atoms with Crippen LogP contribution < -0.4 is 0 Å². The number of hydrogen-bond donors (Lipinski definition) is 0. The molecule has 1 heterocycles. The minimum absolute atomic E-state index is 0.0930. The molecule has 1 atom stereocenters. The fourth-order valence-electron chi connectivity index (χ4n) is 2.86. The number of carbonyl (C=O) groups excluding carboxylic acids is 1. The molecule has 1 aliphatic heterocycles. The van der Waals surface area contributed by atoms with E-state index in [0.29, 0.717) is 28.3 Å². The predicted octanol–water partition coefficient (Wildman–Crippen LogP) is 4.38. The fraction of sp³-hybridized carbons (Fsp3) is 0.250. The lowest BCUT2D eigenvalue weighted by Gasteiger charge is -2.21. The fourth-order valence-corrected chi connectivity index (χ4v) is 3.61. The summed E-state index contributed by atoms with van der Waals surface area (Å²) < 4.78 is 29.4. The van der Waals surface area contributed by atoms with Crippen LogP contribution >= 0.6 is 11.6 Å². The zero-order valence-corrected chi connectivity index (χ0v) is 16.3. The van der Waals surface area contributed by atoms with E-state index in [2.05, 4.69) is 0 Å². The zero-order chi connectivity index (χ0) is 19.1. The monoisotopic (exact) mass is 390 g/mol. The van der Waals surface area contributed by atoms with Gasteiger partial charge in [0, 0.05) is 16.8 Å². The van der Waals surface area contributed by atoms with Gasteiger partial charge < -0.3 is 4.74 Å². The molecular weight excluding hydrogens is 372 g/mol. The van der Waals surface area contributed by atoms with Gasteiger partial charge in [0.15, 0.2) is 15.4 Å². The summed E-state index contributed by atoms with van der Waals surface area (Å²) in [7, 11) is -3.29. The first-order valence-corrected chi connectivity index (χ1v) is 10.5. The Bertz CT molecular complexity index is 989. The van der Waals surface area contributed by atoms with E-state index in [0.717, 1.165) is 11.8 Å². The maximum atomic E-state index is 13.0. The Hall–Kier alpha value is -2.11. The van der Waals surface area contributed by atoms with E-state index in [9.17, 15) is 13.2 Å². The minimum Gasteiger partial charge on any atom is -0.478 e. The van der Waals surface area contributed by atoms with Crippen LogP contribution in [0.5, 0.6) is 0 Å². The molecule has 0 aromatic heterocycles. The average molecular weight is 391 g/mol. The summed E-state index contributed by atoms with van der Waals surface area (Å²) in [5, 5.41) is 0.582. The highest BCUT2D eigenvalue weighted by Crippen LogP contribution is 2.43. The molecule has 0 aliphatic carbocycles. The molecule has 1 aliphatic rings. The van der Waals surface area contributed by atoms with Crippen molar-refractivity contribution in [2.75, 3.05) is 6.26 Å². The maximum absolute atomic E-state index is 13.0. The maximum Gasteiger partial charge on any atom is 0.210 e. The number of benzene rings is 2. The highest BCUT2D eigenvalue weighted by atomic mass is 35.5. The molecule has 4 nitrogen and oxygen atoms in total. The quantitative estimate of drug-likeness (QED) is 0.777. The molecule has 0 saturated heterocycles. The van der Waals surface area contributed by atoms with Gasteiger partial charge in [-0.1, -0.05) is 30.7 Å². The molecule has 2 aromatic rings. The molecule has 0 spiro atoms. The van der Waals surface area contributed by atoms with Gasteiger partial charge in [-0.3, -0.25) is 4.79 Å². The first-order chi connectivity index (χ1) is 12.2. The number of hydrogen-bond acceptors (Lipinski definition) is 4. The Kier molecular flexibility index (Phi) is 4.71. The standard InChI is InChI=1S/C20H19ClO4S/c1-4-20(2)19(22)17(13-5-9-15(21)10-6-13)18(25-20)14-7-11-16(12-8-14)26(3,23)24/h5-12H,4H2,1-3H3. The summed E-state index contributed by atoms with van der Waals surface area (Å²) >= 11 is 5.96. The van der Waals surface area contributed by atoms with Crippen LogP contribution in [-0.4, -0.2) is 26.1 Å². The van der Waals surface area contributed by atoms with Crippen molar-refractivity contribution in [1.82, 2.24) is 0 Å². The minimum atomic E-state index is -3.29. The van der Waals surface area contributed by atoms with Crippen LogP contribution in [0.15, 0.2) is 53.4 Å². The Morgan fingerprint density at radius 2 is 1.54 bits per heavy atom. The summed E-state index contributed by atoms with van der Waals surface area (Å²) in [6.45, 7) is 3.66. The van der Waals surface area contributed by atoms with Gasteiger partial charge in [0.25, 0.3) is 0 Å². The van der Waals surface area contributed by atoms with E-state index in [4.69, 9.17) is 16.3 Å². The Morgan fingerprint density at radius 1 is 1.00 bits per heavy atom. The number of sulfone groups is 1. The number of ether oxygens (including phenoxy) is 1. The van der Waals surface area contributed by atoms with Crippen molar-refractivity contribution in [2.45, 2.75) is 30.8 Å². The highest BCUT2D eigenvalue weighted by Gasteiger charge is 2.45. The number of halogens is 1. The number of Topliss-reactive ketones (excluding diaryl/α,β-unsaturated/α-hetero) is 1. The van der Waals surface area contributed by atoms with Gasteiger partial charge in [0.05, 0.1) is 10.5 Å². The molecule has 6 heteroatoms. The molecule has 26 heavy (non-hydrogen) atoms. The van der Waals surface area contributed by atoms with Crippen molar-refractivity contribution in [1.29, 1.82) is 0 Å². The molecule has 1 unspecified atom stereocenters. The Morgan fingerprint density at radius 3 is 2.04 bits per heavy atom. The summed E-state index contributed by atoms with van der Waals surface area (Å²) in [6, 6.07) is 13.4. The van der Waals surface area contributed by atoms with Gasteiger partial charge in [-0.25, -0.2) is 8.42 Å². The van der Waals surface area contributed by atoms with Crippen LogP contribution in [0.4, 0.5) is 0 Å². The topological polar surface area (TPSA) is 60.4 Å². The SMILES string of the molecule is CCC1(C)OC(c2ccc(S(C)(=O)=O)cc2)=C(c2ccc(Cl)cc2)C1=O. The molecule has 3 rings (SSSR count). The van der Waals surface area contributed by atoms with Gasteiger partial charge in [0.1, 0.15) is 5.76 Å². The predicted molar refractivity (Wildman–Crippen MR) is 103 cm³/mol. The molecule has 2 aromatic carbocycles. The highest BCUT2D eigenvalue weighted by molar-refractivity contribution is 7.90. The molecule has 0 saturated carbocycles. The van der Waals surface area contributed by atoms with Crippen LogP contribution in [0, 0.1) is 0 Å². The van der Waals surface area contributed by atoms with E-state index in [-0.39, 0.29) is 10.7 Å². The van der Waals surface area contributed by atoms with Crippen molar-refractivity contribution < 1.29 is 17.9 Å². The lowest BCUT2D eigenvalue weighted by atomic mass is 9.90. The van der Waals surface area contributed by atoms with E-state index in [1.54, 1.807) is 43.3 Å². The molecule has 136 valence electrons. The van der Waals surface area contributed by atoms with Gasteiger partial charge in [-0.2, -0.15) is 0 Å². The van der Waals surface area contributed by atoms with Crippen LogP contribution in [0.2, 0.25) is 5.02 Å². The van der Waals surface area contributed by atoms with Crippen LogP contribution in [0.25, 0.3) is 11.3 Å². The van der Waals surface area contributed by atoms with E-state index < -0.39 is 15.4 Å². The van der Waals surface area contributed by atoms with E-state index in [1.165, 1.54) is 12.1 Å². The lowest BCUT2D eigenvalue weighted by Crippen LogP contribution is -2.32. The van der Waals surface area contributed by atoms with Crippen molar-refractivity contribution in [3.63, 3.8) is 0 Å². The van der Waals surface area contributed by atoms with Crippen molar-refractivity contribution in [3.8, 4) is 0 Å². The molecule has 0 bridgehead atoms. The van der Waals surface area contributed by atoms with Gasteiger partial charge >= 0.3 is 0 Å². The normalized spacial score (nSPS) is 20.4. The molecule has 0 fully saturated rings. The number of ketones is 1. The third-order valence-electron chi connectivity index (χ3n) is 4.61. The Balaban J connectivity index is 2.16. The lowest BCUT2D eigenvalue weighted by molar-refractivity contribution is -0.126. The largest absolute Gasteiger partial charge is 0.478 e. The van der Waals surface area contributed by atoms with Crippen LogP contribution in [0.3, 0.4) is 0 Å². The van der Waals surface area contributed by atoms with Crippen molar-refractivity contribution in [2.24, 2.45) is 0 Å². The molecular formula is C20H19ClO4S. The summed E-state index contributed by atoms with van der Waals surface area (Å²) in [6.07, 6.45) is 1.68. The average Bonchev–Trinajstić information content (AvgIpc) is 2.87. The Labute approximate surface area is 158 Å². The smallest absolute Gasteiger partial charge is 0.210 e. The number of carbonyl (C=O) groups is 1.